The van der Waals surface area contributed by atoms with E-state index in [0.29, 0.717) is 0 Å². The molecule has 0 radical (unpaired) electrons. The van der Waals surface area contributed by atoms with Crippen molar-refractivity contribution in [2.75, 3.05) is 12.3 Å². The van der Waals surface area contributed by atoms with Gasteiger partial charge in [0.25, 0.3) is 10.1 Å². The van der Waals surface area contributed by atoms with Crippen molar-refractivity contribution in [3.63, 3.8) is 0 Å². The van der Waals surface area contributed by atoms with E-state index in [0.717, 1.165) is 0 Å². The first-order chi connectivity index (χ1) is 3.06. The van der Waals surface area contributed by atoms with Gasteiger partial charge >= 0.3 is 103 Å². The first kappa shape index (κ1) is 18.0. The van der Waals surface area contributed by atoms with Crippen LogP contribution >= 0.6 is 0 Å². The topological polar surface area (TPSA) is 80.4 Å². The van der Waals surface area contributed by atoms with E-state index in [1.165, 1.54) is 0 Å². The fourth-order valence-electron chi connectivity index (χ4n) is 0.149. The van der Waals surface area contributed by atoms with Crippen molar-refractivity contribution < 1.29 is 119 Å². The van der Waals surface area contributed by atoms with E-state index in [9.17, 15) is 8.42 Å². The fraction of sp³-hybridized carbons (Fsp3) is 1.00. The average molecular weight is 205 g/mol. The number of rotatable bonds is 2. The largest absolute Gasteiger partial charge is 1.00 e. The maximum Gasteiger partial charge on any atom is 1.00 e. The second-order valence-corrected chi connectivity index (χ2v) is 2.65. The molecular formula is C2H9K2NO3S. The smallest absolute Gasteiger partial charge is 1.00 e. The van der Waals surface area contributed by atoms with Crippen LogP contribution in [-0.2, 0) is 10.1 Å². The van der Waals surface area contributed by atoms with E-state index in [4.69, 9.17) is 10.3 Å². The Morgan fingerprint density at radius 1 is 1.44 bits per heavy atom. The van der Waals surface area contributed by atoms with E-state index in [2.05, 4.69) is 0 Å². The van der Waals surface area contributed by atoms with Crippen molar-refractivity contribution in [1.29, 1.82) is 0 Å². The zero-order valence-electron chi connectivity index (χ0n) is 7.66. The average Bonchev–Trinajstić information content (AvgIpc) is 1.30. The summed E-state index contributed by atoms with van der Waals surface area (Å²) in [5.74, 6) is -0.354. The third kappa shape index (κ3) is 18.3. The number of hydrogen-bond acceptors (Lipinski definition) is 3. The van der Waals surface area contributed by atoms with Crippen LogP contribution in [0.2, 0.25) is 0 Å². The normalized spacial score (nSPS) is 9.11. The molecule has 0 aromatic heterocycles. The van der Waals surface area contributed by atoms with Crippen molar-refractivity contribution in [2.24, 2.45) is 5.73 Å². The second kappa shape index (κ2) is 9.23. The van der Waals surface area contributed by atoms with Gasteiger partial charge in [0.2, 0.25) is 0 Å². The molecule has 0 aromatic rings. The summed E-state index contributed by atoms with van der Waals surface area (Å²) in [5.41, 5.74) is 4.78. The Hall–Kier alpha value is 3.14. The van der Waals surface area contributed by atoms with Gasteiger partial charge in [-0.2, -0.15) is 8.42 Å². The van der Waals surface area contributed by atoms with Crippen LogP contribution in [0.1, 0.15) is 2.85 Å². The molecule has 3 N–H and O–H groups in total. The summed E-state index contributed by atoms with van der Waals surface area (Å²) in [6, 6.07) is 0. The SMILES string of the molecule is NCCS(=O)(=O)O.[H-].[H-].[K+].[K+]. The molecule has 0 saturated carbocycles. The molecule has 4 nitrogen and oxygen atoms in total. The third-order valence-corrected chi connectivity index (χ3v) is 1.13. The number of nitrogens with two attached hydrogens (primary N) is 1. The van der Waals surface area contributed by atoms with Crippen molar-refractivity contribution in [3.8, 4) is 0 Å². The Morgan fingerprint density at radius 3 is 1.78 bits per heavy atom. The molecule has 0 rings (SSSR count). The third-order valence-electron chi connectivity index (χ3n) is 0.376. The quantitative estimate of drug-likeness (QED) is 0.347. The maximum atomic E-state index is 9.71. The molecule has 0 aliphatic rings. The van der Waals surface area contributed by atoms with Gasteiger partial charge in [-0.25, -0.2) is 0 Å². The monoisotopic (exact) mass is 205 g/mol. The molecule has 0 amide bonds. The van der Waals surface area contributed by atoms with Crippen LogP contribution in [-0.4, -0.2) is 25.3 Å². The van der Waals surface area contributed by atoms with Crippen molar-refractivity contribution in [2.45, 2.75) is 0 Å². The number of hydrogen-bond donors (Lipinski definition) is 2. The van der Waals surface area contributed by atoms with Crippen molar-refractivity contribution in [3.05, 3.63) is 0 Å². The van der Waals surface area contributed by atoms with Crippen LogP contribution in [0.5, 0.6) is 0 Å². The molecule has 0 heterocycles. The van der Waals surface area contributed by atoms with Crippen LogP contribution < -0.4 is 109 Å². The fourth-order valence-corrected chi connectivity index (χ4v) is 0.447. The molecule has 0 aliphatic carbocycles. The molecule has 0 aromatic carbocycles. The second-order valence-electron chi connectivity index (χ2n) is 1.07. The van der Waals surface area contributed by atoms with Gasteiger partial charge in [-0.05, 0) is 0 Å². The van der Waals surface area contributed by atoms with Crippen LogP contribution in [0.4, 0.5) is 0 Å². The van der Waals surface area contributed by atoms with Gasteiger partial charge in [0, 0.05) is 6.54 Å². The Morgan fingerprint density at radius 2 is 1.78 bits per heavy atom. The minimum Gasteiger partial charge on any atom is -1.00 e. The van der Waals surface area contributed by atoms with E-state index in [-0.39, 0.29) is 118 Å². The van der Waals surface area contributed by atoms with Crippen molar-refractivity contribution >= 4 is 10.1 Å². The van der Waals surface area contributed by atoms with E-state index >= 15 is 0 Å². The minimum absolute atomic E-state index is 0. The Bertz CT molecular complexity index is 140. The summed E-state index contributed by atoms with van der Waals surface area (Å²) in [5, 5.41) is 0. The minimum atomic E-state index is -3.80. The van der Waals surface area contributed by atoms with E-state index < -0.39 is 10.1 Å². The molecule has 0 saturated heterocycles. The van der Waals surface area contributed by atoms with Crippen LogP contribution in [0.3, 0.4) is 0 Å². The van der Waals surface area contributed by atoms with Crippen LogP contribution in [0.25, 0.3) is 0 Å². The molecule has 0 aliphatic heterocycles. The summed E-state index contributed by atoms with van der Waals surface area (Å²) in [7, 11) is -3.80. The van der Waals surface area contributed by atoms with Crippen LogP contribution in [0.15, 0.2) is 0 Å². The van der Waals surface area contributed by atoms with Crippen molar-refractivity contribution in [1.82, 2.24) is 0 Å². The molecule has 48 valence electrons. The molecular weight excluding hydrogens is 196 g/mol. The van der Waals surface area contributed by atoms with Gasteiger partial charge in [-0.3, -0.25) is 4.55 Å². The van der Waals surface area contributed by atoms with Gasteiger partial charge in [0.05, 0.1) is 5.75 Å². The summed E-state index contributed by atoms with van der Waals surface area (Å²) in [4.78, 5) is 0. The molecule has 0 spiro atoms. The zero-order valence-corrected chi connectivity index (χ0v) is 12.7. The van der Waals surface area contributed by atoms with Gasteiger partial charge in [-0.15, -0.1) is 0 Å². The Kier molecular flexibility index (Phi) is 18.5. The molecule has 9 heavy (non-hydrogen) atoms. The predicted molar refractivity (Wildman–Crippen MR) is 27.7 cm³/mol. The molecule has 0 bridgehead atoms. The molecule has 0 atom stereocenters. The Balaban J connectivity index is -0.0000000300. The first-order valence-corrected chi connectivity index (χ1v) is 3.32. The predicted octanol–water partition coefficient (Wildman–Crippen LogP) is -6.93. The van der Waals surface area contributed by atoms with Gasteiger partial charge in [-0.1, -0.05) is 0 Å². The summed E-state index contributed by atoms with van der Waals surface area (Å²) >= 11 is 0. The summed E-state index contributed by atoms with van der Waals surface area (Å²) < 4.78 is 27.3. The maximum absolute atomic E-state index is 9.71. The Labute approximate surface area is 143 Å². The molecule has 0 fully saturated rings. The summed E-state index contributed by atoms with van der Waals surface area (Å²) in [6.45, 7) is -0.0289. The summed E-state index contributed by atoms with van der Waals surface area (Å²) in [6.07, 6.45) is 0. The zero-order chi connectivity index (χ0) is 5.91. The van der Waals surface area contributed by atoms with Crippen LogP contribution in [0, 0.1) is 0 Å². The first-order valence-electron chi connectivity index (χ1n) is 1.71. The van der Waals surface area contributed by atoms with Gasteiger partial charge in [0.15, 0.2) is 0 Å². The molecule has 7 heteroatoms. The standard InChI is InChI=1S/C2H7NO3S.2K.2H/c3-1-2-7(4,5)6;;;;/h1-3H2,(H,4,5,6);;;;/q;2*+1;2*-1. The van der Waals surface area contributed by atoms with E-state index in [1.807, 2.05) is 0 Å². The van der Waals surface area contributed by atoms with Gasteiger partial charge < -0.3 is 8.59 Å². The van der Waals surface area contributed by atoms with E-state index in [1.54, 1.807) is 0 Å². The van der Waals surface area contributed by atoms with Gasteiger partial charge in [0.1, 0.15) is 0 Å². The molecule has 0 unspecified atom stereocenters.